The van der Waals surface area contributed by atoms with Gasteiger partial charge in [-0.05, 0) is 48.9 Å². The van der Waals surface area contributed by atoms with E-state index in [0.29, 0.717) is 5.56 Å². The molecule has 0 bridgehead atoms. The Kier molecular flexibility index (Phi) is 11.5. The van der Waals surface area contributed by atoms with Gasteiger partial charge in [-0.2, -0.15) is 0 Å². The second-order valence-electron chi connectivity index (χ2n) is 9.35. The van der Waals surface area contributed by atoms with Crippen LogP contribution in [0.3, 0.4) is 0 Å². The van der Waals surface area contributed by atoms with Gasteiger partial charge in [0.15, 0.2) is 0 Å². The van der Waals surface area contributed by atoms with Gasteiger partial charge in [0.05, 0.1) is 23.7 Å². The van der Waals surface area contributed by atoms with Crippen LogP contribution >= 0.6 is 0 Å². The maximum absolute atomic E-state index is 12.5. The molecule has 0 saturated carbocycles. The summed E-state index contributed by atoms with van der Waals surface area (Å²) in [7, 11) is 0. The van der Waals surface area contributed by atoms with Crippen molar-refractivity contribution >= 4 is 5.97 Å². The fraction of sp³-hybridized carbons (Fsp3) is 0.452. The van der Waals surface area contributed by atoms with E-state index < -0.39 is 5.97 Å². The Bertz CT molecular complexity index is 996. The van der Waals surface area contributed by atoms with Gasteiger partial charge >= 0.3 is 5.97 Å². The Labute approximate surface area is 211 Å². The average molecular weight is 473 g/mol. The third kappa shape index (κ3) is 9.28. The molecule has 3 aromatic rings. The highest BCUT2D eigenvalue weighted by molar-refractivity contribution is 5.90. The molecule has 0 aliphatic heterocycles. The summed E-state index contributed by atoms with van der Waals surface area (Å²) in [6.07, 6.45) is 18.1. The standard InChI is InChI=1S/C31H40N2O2/c1-3-5-7-8-9-10-12-14-26-17-21-28(22-18-26)31(34)35-30-24-32-29(23-33-30)27-19-15-25(16-20-27)13-11-6-4-2/h15-24H,3-14H2,1-2H3. The highest BCUT2D eigenvalue weighted by Crippen LogP contribution is 2.20. The number of carbonyl (C=O) groups excluding carboxylic acids is 1. The number of aryl methyl sites for hydroxylation is 2. The van der Waals surface area contributed by atoms with Crippen LogP contribution in [0.1, 0.15) is 99.5 Å². The summed E-state index contributed by atoms with van der Waals surface area (Å²) in [5.41, 5.74) is 4.90. The van der Waals surface area contributed by atoms with Crippen molar-refractivity contribution in [2.75, 3.05) is 0 Å². The number of unbranched alkanes of at least 4 members (excludes halogenated alkanes) is 8. The summed E-state index contributed by atoms with van der Waals surface area (Å²) in [5.74, 6) is -0.201. The lowest BCUT2D eigenvalue weighted by Crippen LogP contribution is -2.09. The monoisotopic (exact) mass is 472 g/mol. The molecule has 4 nitrogen and oxygen atoms in total. The summed E-state index contributed by atoms with van der Waals surface area (Å²) in [6.45, 7) is 4.47. The lowest BCUT2D eigenvalue weighted by atomic mass is 10.0. The van der Waals surface area contributed by atoms with E-state index in [9.17, 15) is 4.79 Å². The van der Waals surface area contributed by atoms with Crippen LogP contribution in [0.25, 0.3) is 11.3 Å². The van der Waals surface area contributed by atoms with E-state index >= 15 is 0 Å². The zero-order chi connectivity index (χ0) is 24.7. The molecule has 0 fully saturated rings. The van der Waals surface area contributed by atoms with Gasteiger partial charge in [0.2, 0.25) is 5.88 Å². The van der Waals surface area contributed by atoms with E-state index in [1.807, 2.05) is 24.3 Å². The Morgan fingerprint density at radius 3 is 1.80 bits per heavy atom. The predicted molar refractivity (Wildman–Crippen MR) is 144 cm³/mol. The first-order valence-electron chi connectivity index (χ1n) is 13.4. The molecule has 1 heterocycles. The minimum atomic E-state index is -0.411. The maximum Gasteiger partial charge on any atom is 0.344 e. The number of aromatic nitrogens is 2. The van der Waals surface area contributed by atoms with Gasteiger partial charge in [0.1, 0.15) is 0 Å². The smallest absolute Gasteiger partial charge is 0.344 e. The molecule has 0 N–H and O–H groups in total. The third-order valence-corrected chi connectivity index (χ3v) is 6.40. The minimum Gasteiger partial charge on any atom is -0.402 e. The lowest BCUT2D eigenvalue weighted by molar-refractivity contribution is 0.0727. The Hall–Kier alpha value is -3.01. The van der Waals surface area contributed by atoms with Crippen molar-refractivity contribution in [1.29, 1.82) is 0 Å². The summed E-state index contributed by atoms with van der Waals surface area (Å²) in [4.78, 5) is 21.3. The fourth-order valence-corrected chi connectivity index (χ4v) is 4.19. The van der Waals surface area contributed by atoms with Crippen LogP contribution < -0.4 is 4.74 Å². The van der Waals surface area contributed by atoms with Crippen LogP contribution in [0.4, 0.5) is 0 Å². The molecule has 0 spiro atoms. The molecule has 0 radical (unpaired) electrons. The second-order valence-corrected chi connectivity index (χ2v) is 9.35. The summed E-state index contributed by atoms with van der Waals surface area (Å²) >= 11 is 0. The number of rotatable bonds is 15. The molecule has 0 atom stereocenters. The van der Waals surface area contributed by atoms with Gasteiger partial charge in [-0.3, -0.25) is 0 Å². The molecular formula is C31H40N2O2. The third-order valence-electron chi connectivity index (χ3n) is 6.40. The maximum atomic E-state index is 12.5. The van der Waals surface area contributed by atoms with Gasteiger partial charge in [0, 0.05) is 5.56 Å². The SMILES string of the molecule is CCCCCCCCCc1ccc(C(=O)Oc2cnc(-c3ccc(CCCCC)cc3)cn2)cc1. The topological polar surface area (TPSA) is 52.1 Å². The number of nitrogens with zero attached hydrogens (tertiary/aromatic N) is 2. The second kappa shape index (κ2) is 15.1. The van der Waals surface area contributed by atoms with Crippen LogP contribution in [0.2, 0.25) is 0 Å². The van der Waals surface area contributed by atoms with Crippen molar-refractivity contribution in [3.8, 4) is 17.1 Å². The van der Waals surface area contributed by atoms with Gasteiger partial charge in [-0.1, -0.05) is 102 Å². The van der Waals surface area contributed by atoms with Gasteiger partial charge in [0.25, 0.3) is 0 Å². The van der Waals surface area contributed by atoms with Crippen molar-refractivity contribution in [2.24, 2.45) is 0 Å². The van der Waals surface area contributed by atoms with E-state index in [1.54, 1.807) is 6.20 Å². The van der Waals surface area contributed by atoms with Crippen molar-refractivity contribution in [3.63, 3.8) is 0 Å². The number of hydrogen-bond acceptors (Lipinski definition) is 4. The molecule has 0 aliphatic rings. The zero-order valence-corrected chi connectivity index (χ0v) is 21.5. The highest BCUT2D eigenvalue weighted by atomic mass is 16.5. The molecule has 0 saturated heterocycles. The van der Waals surface area contributed by atoms with E-state index in [4.69, 9.17) is 4.74 Å². The normalized spacial score (nSPS) is 10.9. The highest BCUT2D eigenvalue weighted by Gasteiger charge is 2.10. The number of hydrogen-bond donors (Lipinski definition) is 0. The van der Waals surface area contributed by atoms with Crippen molar-refractivity contribution in [2.45, 2.75) is 90.9 Å². The summed E-state index contributed by atoms with van der Waals surface area (Å²) < 4.78 is 5.44. The molecule has 0 aliphatic carbocycles. The lowest BCUT2D eigenvalue weighted by Gasteiger charge is -2.07. The molecule has 2 aromatic carbocycles. The van der Waals surface area contributed by atoms with Crippen LogP contribution in [0, 0.1) is 0 Å². The average Bonchev–Trinajstić information content (AvgIpc) is 2.89. The molecular weight excluding hydrogens is 432 g/mol. The molecule has 35 heavy (non-hydrogen) atoms. The fourth-order valence-electron chi connectivity index (χ4n) is 4.19. The number of carbonyl (C=O) groups is 1. The van der Waals surface area contributed by atoms with Gasteiger partial charge in [-0.25, -0.2) is 14.8 Å². The molecule has 186 valence electrons. The number of benzene rings is 2. The first kappa shape index (κ1) is 26.6. The van der Waals surface area contributed by atoms with Crippen LogP contribution in [-0.2, 0) is 12.8 Å². The van der Waals surface area contributed by atoms with Crippen molar-refractivity contribution < 1.29 is 9.53 Å². The number of ether oxygens (including phenoxy) is 1. The minimum absolute atomic E-state index is 0.210. The predicted octanol–water partition coefficient (Wildman–Crippen LogP) is 8.39. The van der Waals surface area contributed by atoms with E-state index in [2.05, 4.69) is 48.1 Å². The number of esters is 1. The van der Waals surface area contributed by atoms with Crippen LogP contribution in [-0.4, -0.2) is 15.9 Å². The quantitative estimate of drug-likeness (QED) is 0.165. The molecule has 0 unspecified atom stereocenters. The Morgan fingerprint density at radius 2 is 1.20 bits per heavy atom. The molecule has 3 rings (SSSR count). The zero-order valence-electron chi connectivity index (χ0n) is 21.5. The molecule has 1 aromatic heterocycles. The first-order valence-corrected chi connectivity index (χ1v) is 13.4. The Balaban J connectivity index is 1.45. The Morgan fingerprint density at radius 1 is 0.657 bits per heavy atom. The first-order chi connectivity index (χ1) is 17.2. The summed E-state index contributed by atoms with van der Waals surface area (Å²) in [6, 6.07) is 16.2. The van der Waals surface area contributed by atoms with E-state index in [1.165, 1.54) is 81.5 Å². The molecule has 4 heteroatoms. The van der Waals surface area contributed by atoms with Gasteiger partial charge < -0.3 is 4.74 Å². The van der Waals surface area contributed by atoms with Crippen LogP contribution in [0.5, 0.6) is 5.88 Å². The van der Waals surface area contributed by atoms with E-state index in [-0.39, 0.29) is 5.88 Å². The van der Waals surface area contributed by atoms with Crippen LogP contribution in [0.15, 0.2) is 60.9 Å². The molecule has 0 amide bonds. The van der Waals surface area contributed by atoms with E-state index in [0.717, 1.165) is 24.1 Å². The van der Waals surface area contributed by atoms with Crippen molar-refractivity contribution in [3.05, 3.63) is 77.6 Å². The largest absolute Gasteiger partial charge is 0.402 e. The summed E-state index contributed by atoms with van der Waals surface area (Å²) in [5, 5.41) is 0. The van der Waals surface area contributed by atoms with Crippen molar-refractivity contribution in [1.82, 2.24) is 9.97 Å². The van der Waals surface area contributed by atoms with Gasteiger partial charge in [-0.15, -0.1) is 0 Å².